The Kier molecular flexibility index (Phi) is 4.07. The molecule has 1 aliphatic heterocycles. The lowest BCUT2D eigenvalue weighted by Crippen LogP contribution is -2.42. The fourth-order valence-electron chi connectivity index (χ4n) is 1.94. The molecule has 2 rings (SSSR count). The SMILES string of the molecule is C[C@H](C(=O)N[C@H]1CCN(C)C1=O)c1ccc(Br)s1. The number of hydrogen-bond acceptors (Lipinski definition) is 3. The summed E-state index contributed by atoms with van der Waals surface area (Å²) < 4.78 is 1.01. The summed E-state index contributed by atoms with van der Waals surface area (Å²) in [6.07, 6.45) is 0.696. The standard InChI is InChI=1S/C12H15BrN2O2S/c1-7(9-3-4-10(13)18-9)11(16)14-8-5-6-15(2)12(8)17/h3-4,7-8H,5-6H2,1-2H3,(H,14,16)/t7-,8-/m0/s1. The van der Waals surface area contributed by atoms with Gasteiger partial charge in [-0.15, -0.1) is 11.3 Å². The van der Waals surface area contributed by atoms with Gasteiger partial charge in [-0.3, -0.25) is 9.59 Å². The number of nitrogens with one attached hydrogen (secondary N) is 1. The number of hydrogen-bond donors (Lipinski definition) is 1. The summed E-state index contributed by atoms with van der Waals surface area (Å²) in [4.78, 5) is 26.4. The van der Waals surface area contributed by atoms with Crippen LogP contribution < -0.4 is 5.32 Å². The van der Waals surface area contributed by atoms with Crippen LogP contribution in [0.4, 0.5) is 0 Å². The van der Waals surface area contributed by atoms with Gasteiger partial charge in [0.15, 0.2) is 0 Å². The van der Waals surface area contributed by atoms with Crippen LogP contribution in [0.3, 0.4) is 0 Å². The molecule has 1 saturated heterocycles. The van der Waals surface area contributed by atoms with Crippen molar-refractivity contribution in [2.75, 3.05) is 13.6 Å². The van der Waals surface area contributed by atoms with Crippen LogP contribution in [0.5, 0.6) is 0 Å². The molecule has 0 aromatic carbocycles. The van der Waals surface area contributed by atoms with E-state index in [1.165, 1.54) is 0 Å². The number of nitrogens with zero attached hydrogens (tertiary/aromatic N) is 1. The summed E-state index contributed by atoms with van der Waals surface area (Å²) in [6.45, 7) is 2.57. The van der Waals surface area contributed by atoms with E-state index in [0.29, 0.717) is 13.0 Å². The molecule has 2 amide bonds. The maximum absolute atomic E-state index is 12.1. The van der Waals surface area contributed by atoms with Gasteiger partial charge >= 0.3 is 0 Å². The van der Waals surface area contributed by atoms with Crippen molar-refractivity contribution in [2.45, 2.75) is 25.3 Å². The molecule has 0 spiro atoms. The molecule has 0 radical (unpaired) electrons. The summed E-state index contributed by atoms with van der Waals surface area (Å²) >= 11 is 4.93. The number of carbonyl (C=O) groups excluding carboxylic acids is 2. The molecule has 2 heterocycles. The molecule has 6 heteroatoms. The van der Waals surface area contributed by atoms with E-state index in [-0.39, 0.29) is 23.8 Å². The topological polar surface area (TPSA) is 49.4 Å². The summed E-state index contributed by atoms with van der Waals surface area (Å²) in [6, 6.07) is 3.51. The molecule has 0 bridgehead atoms. The van der Waals surface area contributed by atoms with Crippen molar-refractivity contribution in [1.82, 2.24) is 10.2 Å². The van der Waals surface area contributed by atoms with E-state index in [9.17, 15) is 9.59 Å². The molecule has 2 atom stereocenters. The van der Waals surface area contributed by atoms with Crippen LogP contribution in [0, 0.1) is 0 Å². The highest BCUT2D eigenvalue weighted by Gasteiger charge is 2.31. The Morgan fingerprint density at radius 2 is 2.33 bits per heavy atom. The van der Waals surface area contributed by atoms with Crippen molar-refractivity contribution in [1.29, 1.82) is 0 Å². The van der Waals surface area contributed by atoms with Gasteiger partial charge in [0, 0.05) is 18.5 Å². The van der Waals surface area contributed by atoms with Crippen molar-refractivity contribution >= 4 is 39.1 Å². The first-order valence-corrected chi connectivity index (χ1v) is 7.40. The van der Waals surface area contributed by atoms with Gasteiger partial charge < -0.3 is 10.2 Å². The minimum absolute atomic E-state index is 0.00269. The van der Waals surface area contributed by atoms with Gasteiger partial charge in [0.1, 0.15) is 6.04 Å². The number of likely N-dealkylation sites (tertiary alicyclic amines) is 1. The van der Waals surface area contributed by atoms with Crippen LogP contribution in [0.2, 0.25) is 0 Å². The fraction of sp³-hybridized carbons (Fsp3) is 0.500. The van der Waals surface area contributed by atoms with Crippen LogP contribution in [0.15, 0.2) is 15.9 Å². The van der Waals surface area contributed by atoms with Crippen LogP contribution in [0.1, 0.15) is 24.1 Å². The van der Waals surface area contributed by atoms with Gasteiger partial charge in [0.05, 0.1) is 9.70 Å². The highest BCUT2D eigenvalue weighted by molar-refractivity contribution is 9.11. The van der Waals surface area contributed by atoms with E-state index in [0.717, 1.165) is 8.66 Å². The van der Waals surface area contributed by atoms with Crippen LogP contribution in [0.25, 0.3) is 0 Å². The molecule has 0 aliphatic carbocycles. The van der Waals surface area contributed by atoms with Crippen LogP contribution in [-0.2, 0) is 9.59 Å². The van der Waals surface area contributed by atoms with Crippen LogP contribution >= 0.6 is 27.3 Å². The fourth-order valence-corrected chi connectivity index (χ4v) is 3.42. The predicted molar refractivity (Wildman–Crippen MR) is 74.6 cm³/mol. The number of likely N-dealkylation sites (N-methyl/N-ethyl adjacent to an activating group) is 1. The third kappa shape index (κ3) is 2.75. The number of amides is 2. The molecule has 1 aromatic rings. The molecule has 18 heavy (non-hydrogen) atoms. The molecule has 0 unspecified atom stereocenters. The first-order valence-electron chi connectivity index (χ1n) is 5.79. The third-order valence-corrected chi connectivity index (χ3v) is 4.96. The zero-order valence-corrected chi connectivity index (χ0v) is 12.7. The quantitative estimate of drug-likeness (QED) is 0.921. The number of rotatable bonds is 3. The number of halogens is 1. The van der Waals surface area contributed by atoms with Gasteiger partial charge in [0.25, 0.3) is 0 Å². The highest BCUT2D eigenvalue weighted by Crippen LogP contribution is 2.28. The third-order valence-electron chi connectivity index (χ3n) is 3.16. The summed E-state index contributed by atoms with van der Waals surface area (Å²) in [5.41, 5.74) is 0. The van der Waals surface area contributed by atoms with Gasteiger partial charge in [-0.1, -0.05) is 0 Å². The largest absolute Gasteiger partial charge is 0.344 e. The van der Waals surface area contributed by atoms with E-state index in [4.69, 9.17) is 0 Å². The van der Waals surface area contributed by atoms with Gasteiger partial charge in [-0.05, 0) is 41.4 Å². The Bertz CT molecular complexity index is 474. The second kappa shape index (κ2) is 5.40. The molecule has 4 nitrogen and oxygen atoms in total. The average Bonchev–Trinajstić information content (AvgIpc) is 2.89. The first-order chi connectivity index (χ1) is 8.49. The average molecular weight is 331 g/mol. The summed E-state index contributed by atoms with van der Waals surface area (Å²) in [5.74, 6) is -0.305. The lowest BCUT2D eigenvalue weighted by atomic mass is 10.1. The van der Waals surface area contributed by atoms with E-state index in [1.54, 1.807) is 23.3 Å². The van der Waals surface area contributed by atoms with Crippen molar-refractivity contribution in [2.24, 2.45) is 0 Å². The predicted octanol–water partition coefficient (Wildman–Crippen LogP) is 1.96. The summed E-state index contributed by atoms with van der Waals surface area (Å²) in [7, 11) is 1.76. The minimum atomic E-state index is -0.353. The van der Waals surface area contributed by atoms with E-state index < -0.39 is 0 Å². The Morgan fingerprint density at radius 3 is 2.83 bits per heavy atom. The van der Waals surface area contributed by atoms with E-state index >= 15 is 0 Å². The first kappa shape index (κ1) is 13.5. The van der Waals surface area contributed by atoms with Crippen molar-refractivity contribution in [3.63, 3.8) is 0 Å². The molecular formula is C12H15BrN2O2S. The lowest BCUT2D eigenvalue weighted by molar-refractivity contribution is -0.132. The zero-order chi connectivity index (χ0) is 13.3. The Balaban J connectivity index is 1.98. The Morgan fingerprint density at radius 1 is 1.61 bits per heavy atom. The monoisotopic (exact) mass is 330 g/mol. The van der Waals surface area contributed by atoms with Crippen molar-refractivity contribution < 1.29 is 9.59 Å². The minimum Gasteiger partial charge on any atom is -0.344 e. The Labute approximate surface area is 118 Å². The molecule has 0 saturated carbocycles. The maximum atomic E-state index is 12.1. The second-order valence-corrected chi connectivity index (χ2v) is 6.97. The Hall–Kier alpha value is -0.880. The van der Waals surface area contributed by atoms with E-state index in [1.807, 2.05) is 19.1 Å². The van der Waals surface area contributed by atoms with Gasteiger partial charge in [-0.25, -0.2) is 0 Å². The van der Waals surface area contributed by atoms with E-state index in [2.05, 4.69) is 21.2 Å². The molecule has 1 fully saturated rings. The molecule has 1 aromatic heterocycles. The highest BCUT2D eigenvalue weighted by atomic mass is 79.9. The number of thiophene rings is 1. The van der Waals surface area contributed by atoms with Crippen LogP contribution in [-0.4, -0.2) is 36.3 Å². The van der Waals surface area contributed by atoms with Gasteiger partial charge in [0.2, 0.25) is 11.8 Å². The van der Waals surface area contributed by atoms with Crippen molar-refractivity contribution in [3.8, 4) is 0 Å². The van der Waals surface area contributed by atoms with Crippen molar-refractivity contribution in [3.05, 3.63) is 20.8 Å². The molecule has 98 valence electrons. The maximum Gasteiger partial charge on any atom is 0.244 e. The second-order valence-electron chi connectivity index (χ2n) is 4.47. The normalized spacial score (nSPS) is 21.2. The molecule has 1 N–H and O–H groups in total. The van der Waals surface area contributed by atoms with Gasteiger partial charge in [-0.2, -0.15) is 0 Å². The zero-order valence-electron chi connectivity index (χ0n) is 10.3. The number of carbonyl (C=O) groups is 2. The summed E-state index contributed by atoms with van der Waals surface area (Å²) in [5, 5.41) is 2.83. The smallest absolute Gasteiger partial charge is 0.244 e. The molecular weight excluding hydrogens is 316 g/mol. The lowest BCUT2D eigenvalue weighted by Gasteiger charge is -2.15. The molecule has 1 aliphatic rings.